The molecule has 3 aromatic carbocycles. The second-order valence-corrected chi connectivity index (χ2v) is 6.80. The number of para-hydroxylation sites is 1. The Kier molecular flexibility index (Phi) is 5.75. The maximum absolute atomic E-state index is 11.6. The molecule has 1 N–H and O–H groups in total. The van der Waals surface area contributed by atoms with Crippen LogP contribution in [0.3, 0.4) is 0 Å². The first kappa shape index (κ1) is 17.1. The number of carboxylic acid groups (broad SMARTS) is 1. The monoisotopic (exact) mass is 350 g/mol. The van der Waals surface area contributed by atoms with E-state index < -0.39 is 11.2 Å². The van der Waals surface area contributed by atoms with E-state index >= 15 is 0 Å². The molecular formula is C21H18O3S. The molecule has 126 valence electrons. The van der Waals surface area contributed by atoms with Crippen molar-refractivity contribution in [2.75, 3.05) is 0 Å². The number of carbonyl (C=O) groups is 1. The van der Waals surface area contributed by atoms with Gasteiger partial charge in [0.1, 0.15) is 16.7 Å². The normalized spacial score (nSPS) is 11.7. The molecule has 0 spiro atoms. The molecule has 1 atom stereocenters. The predicted octanol–water partition coefficient (Wildman–Crippen LogP) is 5.27. The summed E-state index contributed by atoms with van der Waals surface area (Å²) in [4.78, 5) is 12.5. The molecule has 0 fully saturated rings. The second-order valence-electron chi connectivity index (χ2n) is 5.52. The summed E-state index contributed by atoms with van der Waals surface area (Å²) in [5, 5.41) is 8.98. The quantitative estimate of drug-likeness (QED) is 0.590. The van der Waals surface area contributed by atoms with Gasteiger partial charge >= 0.3 is 5.97 Å². The van der Waals surface area contributed by atoms with Crippen molar-refractivity contribution in [3.63, 3.8) is 0 Å². The summed E-state index contributed by atoms with van der Waals surface area (Å²) in [6.45, 7) is 0. The van der Waals surface area contributed by atoms with E-state index in [1.165, 1.54) is 11.8 Å². The van der Waals surface area contributed by atoms with E-state index in [0.29, 0.717) is 6.42 Å². The van der Waals surface area contributed by atoms with Crippen LogP contribution in [0.1, 0.15) is 5.56 Å². The van der Waals surface area contributed by atoms with Gasteiger partial charge in [0.2, 0.25) is 0 Å². The Morgan fingerprint density at radius 1 is 0.840 bits per heavy atom. The van der Waals surface area contributed by atoms with Crippen molar-refractivity contribution in [2.24, 2.45) is 0 Å². The van der Waals surface area contributed by atoms with E-state index in [1.807, 2.05) is 84.9 Å². The van der Waals surface area contributed by atoms with Crippen LogP contribution >= 0.6 is 11.8 Å². The van der Waals surface area contributed by atoms with Crippen molar-refractivity contribution in [1.82, 2.24) is 0 Å². The number of aliphatic carboxylic acids is 1. The molecule has 0 heterocycles. The number of hydrogen-bond donors (Lipinski definition) is 1. The Bertz CT molecular complexity index is 802. The van der Waals surface area contributed by atoms with Gasteiger partial charge < -0.3 is 9.84 Å². The Morgan fingerprint density at radius 2 is 1.40 bits per heavy atom. The van der Waals surface area contributed by atoms with Gasteiger partial charge in [-0.25, -0.2) is 0 Å². The number of rotatable bonds is 7. The van der Waals surface area contributed by atoms with Crippen molar-refractivity contribution in [1.29, 1.82) is 0 Å². The van der Waals surface area contributed by atoms with Crippen LogP contribution < -0.4 is 4.74 Å². The van der Waals surface area contributed by atoms with E-state index in [2.05, 4.69) is 0 Å². The summed E-state index contributed by atoms with van der Waals surface area (Å²) in [5.41, 5.74) is 0.969. The lowest BCUT2D eigenvalue weighted by Crippen LogP contribution is -2.19. The first-order chi connectivity index (χ1) is 12.2. The fraction of sp³-hybridized carbons (Fsp3) is 0.0952. The highest BCUT2D eigenvalue weighted by Crippen LogP contribution is 2.27. The van der Waals surface area contributed by atoms with Gasteiger partial charge in [0.25, 0.3) is 0 Å². The number of ether oxygens (including phenoxy) is 1. The summed E-state index contributed by atoms with van der Waals surface area (Å²) in [6.07, 6.45) is 0.459. The highest BCUT2D eigenvalue weighted by molar-refractivity contribution is 8.00. The van der Waals surface area contributed by atoms with Crippen molar-refractivity contribution < 1.29 is 14.6 Å². The predicted molar refractivity (Wildman–Crippen MR) is 100 cm³/mol. The van der Waals surface area contributed by atoms with E-state index in [0.717, 1.165) is 22.0 Å². The van der Waals surface area contributed by atoms with Crippen LogP contribution in [0.4, 0.5) is 0 Å². The number of carboxylic acids is 1. The molecular weight excluding hydrogens is 332 g/mol. The molecule has 0 bridgehead atoms. The molecule has 0 saturated carbocycles. The van der Waals surface area contributed by atoms with Crippen LogP contribution in [0.15, 0.2) is 89.8 Å². The topological polar surface area (TPSA) is 46.5 Å². The van der Waals surface area contributed by atoms with Gasteiger partial charge in [-0.15, -0.1) is 11.8 Å². The van der Waals surface area contributed by atoms with Gasteiger partial charge in [0, 0.05) is 4.90 Å². The zero-order valence-corrected chi connectivity index (χ0v) is 14.4. The molecule has 0 aliphatic carbocycles. The van der Waals surface area contributed by atoms with Crippen LogP contribution in [0.25, 0.3) is 0 Å². The number of benzene rings is 3. The molecule has 0 aromatic heterocycles. The Labute approximate surface area is 151 Å². The number of thioether (sulfide) groups is 1. The molecule has 0 saturated heterocycles. The summed E-state index contributed by atoms with van der Waals surface area (Å²) in [7, 11) is 0. The van der Waals surface area contributed by atoms with Gasteiger partial charge in [-0.2, -0.15) is 0 Å². The van der Waals surface area contributed by atoms with Crippen LogP contribution in [0.5, 0.6) is 11.5 Å². The van der Waals surface area contributed by atoms with Crippen LogP contribution in [0, 0.1) is 0 Å². The third-order valence-corrected chi connectivity index (χ3v) is 4.82. The van der Waals surface area contributed by atoms with Gasteiger partial charge in [-0.05, 0) is 48.4 Å². The highest BCUT2D eigenvalue weighted by Gasteiger charge is 2.19. The molecule has 1 unspecified atom stereocenters. The minimum atomic E-state index is -0.807. The first-order valence-corrected chi connectivity index (χ1v) is 8.85. The van der Waals surface area contributed by atoms with E-state index in [9.17, 15) is 9.90 Å². The minimum Gasteiger partial charge on any atom is -0.480 e. The highest BCUT2D eigenvalue weighted by atomic mass is 32.2. The molecule has 0 radical (unpaired) electrons. The van der Waals surface area contributed by atoms with Crippen LogP contribution in [-0.4, -0.2) is 16.3 Å². The van der Waals surface area contributed by atoms with Crippen molar-refractivity contribution in [3.05, 3.63) is 90.5 Å². The zero-order chi connectivity index (χ0) is 17.5. The largest absolute Gasteiger partial charge is 0.480 e. The lowest BCUT2D eigenvalue weighted by Gasteiger charge is -2.13. The van der Waals surface area contributed by atoms with Crippen molar-refractivity contribution in [2.45, 2.75) is 16.6 Å². The van der Waals surface area contributed by atoms with E-state index in [4.69, 9.17) is 4.74 Å². The lowest BCUT2D eigenvalue weighted by atomic mass is 10.1. The molecule has 0 aliphatic rings. The lowest BCUT2D eigenvalue weighted by molar-refractivity contribution is -0.136. The van der Waals surface area contributed by atoms with Gasteiger partial charge in [0.05, 0.1) is 0 Å². The van der Waals surface area contributed by atoms with Gasteiger partial charge in [0.15, 0.2) is 0 Å². The standard InChI is InChI=1S/C21H18O3S/c22-21(23)20(25-19-9-5-2-6-10-19)15-16-11-13-18(14-12-16)24-17-7-3-1-4-8-17/h1-14,20H,15H2,(H,22,23). The SMILES string of the molecule is O=C(O)C(Cc1ccc(Oc2ccccc2)cc1)Sc1ccccc1. The molecule has 4 heteroatoms. The molecule has 3 rings (SSSR count). The summed E-state index contributed by atoms with van der Waals surface area (Å²) in [5.74, 6) is 0.703. The Balaban J connectivity index is 1.65. The zero-order valence-electron chi connectivity index (χ0n) is 13.5. The second kappa shape index (κ2) is 8.40. The van der Waals surface area contributed by atoms with E-state index in [-0.39, 0.29) is 0 Å². The summed E-state index contributed by atoms with van der Waals surface area (Å²) >= 11 is 1.37. The maximum atomic E-state index is 11.6. The molecule has 0 amide bonds. The number of hydrogen-bond acceptors (Lipinski definition) is 3. The molecule has 0 aliphatic heterocycles. The third kappa shape index (κ3) is 5.13. The van der Waals surface area contributed by atoms with Crippen molar-refractivity contribution in [3.8, 4) is 11.5 Å². The smallest absolute Gasteiger partial charge is 0.317 e. The maximum Gasteiger partial charge on any atom is 0.317 e. The molecule has 25 heavy (non-hydrogen) atoms. The van der Waals surface area contributed by atoms with Gasteiger partial charge in [-0.3, -0.25) is 4.79 Å². The van der Waals surface area contributed by atoms with Crippen molar-refractivity contribution >= 4 is 17.7 Å². The first-order valence-electron chi connectivity index (χ1n) is 7.97. The van der Waals surface area contributed by atoms with Crippen LogP contribution in [-0.2, 0) is 11.2 Å². The van der Waals surface area contributed by atoms with E-state index in [1.54, 1.807) is 0 Å². The van der Waals surface area contributed by atoms with Gasteiger partial charge in [-0.1, -0.05) is 48.5 Å². The summed E-state index contributed by atoms with van der Waals surface area (Å²) in [6, 6.07) is 26.7. The third-order valence-electron chi connectivity index (χ3n) is 3.62. The fourth-order valence-corrected chi connectivity index (χ4v) is 3.39. The Hall–Kier alpha value is -2.72. The average molecular weight is 350 g/mol. The average Bonchev–Trinajstić information content (AvgIpc) is 2.64. The molecule has 3 nitrogen and oxygen atoms in total. The molecule has 3 aromatic rings. The minimum absolute atomic E-state index is 0.459. The Morgan fingerprint density at radius 3 is 2.00 bits per heavy atom. The van der Waals surface area contributed by atoms with Crippen LogP contribution in [0.2, 0.25) is 0 Å². The summed E-state index contributed by atoms with van der Waals surface area (Å²) < 4.78 is 5.76. The fourth-order valence-electron chi connectivity index (χ4n) is 2.37.